The number of rotatable bonds is 8. The average Bonchev–Trinajstić information content (AvgIpc) is 2.77. The molecule has 1 aromatic heterocycles. The zero-order chi connectivity index (χ0) is 23.6. The van der Waals surface area contributed by atoms with Crippen LogP contribution in [0.4, 0.5) is 5.82 Å². The number of halogens is 1. The molecule has 3 N–H and O–H groups in total. The Labute approximate surface area is 219 Å². The van der Waals surface area contributed by atoms with Crippen molar-refractivity contribution in [2.45, 2.75) is 65.8 Å². The molecule has 0 spiro atoms. The smallest absolute Gasteiger partial charge is 0.399 e. The van der Waals surface area contributed by atoms with E-state index in [1.807, 2.05) is 27.7 Å². The number of nitrogens with one attached hydrogen (secondary N) is 1. The van der Waals surface area contributed by atoms with Gasteiger partial charge < -0.3 is 16.0 Å². The Kier molecular flexibility index (Phi) is 14.7. The van der Waals surface area contributed by atoms with E-state index >= 15 is 0 Å². The fourth-order valence-corrected chi connectivity index (χ4v) is 3.44. The van der Waals surface area contributed by atoms with E-state index in [-0.39, 0.29) is 64.2 Å². The zero-order valence-corrected chi connectivity index (χ0v) is 22.8. The molecule has 1 aliphatic rings. The number of hydrogen-bond donors (Lipinski definition) is 2. The molecule has 0 bridgehead atoms. The van der Waals surface area contributed by atoms with Crippen molar-refractivity contribution >= 4 is 34.8 Å². The monoisotopic (exact) mass is 468 g/mol. The third-order valence-corrected chi connectivity index (χ3v) is 5.48. The number of allylic oxidation sites excluding steroid dienone is 1. The van der Waals surface area contributed by atoms with Crippen molar-refractivity contribution in [2.75, 3.05) is 12.3 Å². The van der Waals surface area contributed by atoms with Gasteiger partial charge in [-0.05, 0) is 31.1 Å². The largest absolute Gasteiger partial charge is 1.00 e. The Hall–Kier alpha value is -1.47. The van der Waals surface area contributed by atoms with Crippen molar-refractivity contribution in [3.63, 3.8) is 0 Å². The van der Waals surface area contributed by atoms with Crippen LogP contribution < -0.4 is 35.3 Å². The number of nitrogens with two attached hydrogens (primary N) is 1. The van der Waals surface area contributed by atoms with Crippen LogP contribution in [-0.2, 0) is 4.79 Å². The van der Waals surface area contributed by atoms with Crippen LogP contribution in [0.2, 0.25) is 5.15 Å². The zero-order valence-electron chi connectivity index (χ0n) is 20.0. The van der Waals surface area contributed by atoms with E-state index in [0.717, 1.165) is 24.8 Å². The SMILES string of the molecule is C=CC(=O)C(C)CC.CCCC(=N)C1=[C-]CCN(C(=O)c2ccc(Cl)nc2N)C1CC.[Na+]. The molecule has 32 heavy (non-hydrogen) atoms. The molecule has 0 fully saturated rings. The van der Waals surface area contributed by atoms with Crippen LogP contribution in [0.15, 0.2) is 30.4 Å². The summed E-state index contributed by atoms with van der Waals surface area (Å²) in [6.45, 7) is 11.9. The third kappa shape index (κ3) is 8.47. The number of nitrogen functional groups attached to an aromatic ring is 1. The number of anilines is 1. The predicted octanol–water partition coefficient (Wildman–Crippen LogP) is 2.28. The van der Waals surface area contributed by atoms with Crippen LogP contribution >= 0.6 is 11.6 Å². The fraction of sp³-hybridized carbons (Fsp3) is 0.500. The molecular formula is C24H34ClN4NaO2. The summed E-state index contributed by atoms with van der Waals surface area (Å²) in [5.74, 6) is 0.280. The summed E-state index contributed by atoms with van der Waals surface area (Å²) in [7, 11) is 0. The summed E-state index contributed by atoms with van der Waals surface area (Å²) in [5.41, 5.74) is 7.62. The first-order chi connectivity index (χ1) is 14.7. The van der Waals surface area contributed by atoms with E-state index in [1.54, 1.807) is 17.0 Å². The maximum absolute atomic E-state index is 12.9. The van der Waals surface area contributed by atoms with Crippen molar-refractivity contribution in [2.24, 2.45) is 5.92 Å². The molecule has 0 aromatic carbocycles. The molecule has 2 heterocycles. The number of pyridine rings is 1. The van der Waals surface area contributed by atoms with Crippen LogP contribution in [0.3, 0.4) is 0 Å². The quantitative estimate of drug-likeness (QED) is 0.201. The molecule has 1 aliphatic heterocycles. The Morgan fingerprint density at radius 3 is 2.53 bits per heavy atom. The summed E-state index contributed by atoms with van der Waals surface area (Å²) in [6, 6.07) is 3.04. The van der Waals surface area contributed by atoms with Gasteiger partial charge in [0.15, 0.2) is 5.78 Å². The van der Waals surface area contributed by atoms with Crippen molar-refractivity contribution in [1.29, 1.82) is 5.41 Å². The van der Waals surface area contributed by atoms with Crippen molar-refractivity contribution in [3.05, 3.63) is 47.2 Å². The molecule has 1 aromatic rings. The molecular weight excluding hydrogens is 435 g/mol. The van der Waals surface area contributed by atoms with Crippen LogP contribution in [0, 0.1) is 17.4 Å². The molecule has 0 saturated heterocycles. The van der Waals surface area contributed by atoms with Gasteiger partial charge in [-0.3, -0.25) is 15.7 Å². The van der Waals surface area contributed by atoms with Gasteiger partial charge in [0.05, 0.1) is 5.56 Å². The Balaban J connectivity index is 0.000000917. The molecule has 2 rings (SSSR count). The molecule has 0 saturated carbocycles. The summed E-state index contributed by atoms with van der Waals surface area (Å²) in [5, 5.41) is 8.50. The van der Waals surface area contributed by atoms with Crippen LogP contribution in [0.1, 0.15) is 70.2 Å². The number of hydrogen-bond acceptors (Lipinski definition) is 5. The van der Waals surface area contributed by atoms with Gasteiger partial charge in [0, 0.05) is 18.5 Å². The first kappa shape index (κ1) is 30.5. The number of nitrogens with zero attached hydrogens (tertiary/aromatic N) is 2. The van der Waals surface area contributed by atoms with Crippen molar-refractivity contribution in [3.8, 4) is 0 Å². The second kappa shape index (κ2) is 15.4. The van der Waals surface area contributed by atoms with E-state index < -0.39 is 0 Å². The number of carbonyl (C=O) groups is 2. The molecule has 8 heteroatoms. The first-order valence-electron chi connectivity index (χ1n) is 10.8. The van der Waals surface area contributed by atoms with Crippen molar-refractivity contribution in [1.82, 2.24) is 9.88 Å². The Morgan fingerprint density at radius 2 is 2.06 bits per heavy atom. The van der Waals surface area contributed by atoms with Gasteiger partial charge in [-0.2, -0.15) is 5.57 Å². The number of ketones is 1. The maximum Gasteiger partial charge on any atom is 1.00 e. The van der Waals surface area contributed by atoms with Gasteiger partial charge in [0.2, 0.25) is 0 Å². The fourth-order valence-electron chi connectivity index (χ4n) is 3.29. The minimum Gasteiger partial charge on any atom is -0.399 e. The van der Waals surface area contributed by atoms with Gasteiger partial charge in [0.25, 0.3) is 5.91 Å². The molecule has 6 nitrogen and oxygen atoms in total. The maximum atomic E-state index is 12.9. The van der Waals surface area contributed by atoms with E-state index in [2.05, 4.69) is 17.6 Å². The van der Waals surface area contributed by atoms with E-state index in [4.69, 9.17) is 22.7 Å². The number of amides is 1. The second-order valence-electron chi connectivity index (χ2n) is 7.47. The summed E-state index contributed by atoms with van der Waals surface area (Å²) >= 11 is 5.80. The van der Waals surface area contributed by atoms with E-state index in [0.29, 0.717) is 30.7 Å². The van der Waals surface area contributed by atoms with Crippen molar-refractivity contribution < 1.29 is 39.1 Å². The van der Waals surface area contributed by atoms with Crippen LogP contribution in [0.25, 0.3) is 0 Å². The molecule has 0 radical (unpaired) electrons. The Bertz CT molecular complexity index is 841. The molecule has 170 valence electrons. The van der Waals surface area contributed by atoms with Gasteiger partial charge in [-0.15, -0.1) is 5.71 Å². The molecule has 2 unspecified atom stereocenters. The second-order valence-corrected chi connectivity index (χ2v) is 7.86. The summed E-state index contributed by atoms with van der Waals surface area (Å²) in [6.07, 6.45) is 8.56. The van der Waals surface area contributed by atoms with Gasteiger partial charge >= 0.3 is 29.6 Å². The minimum atomic E-state index is -0.165. The third-order valence-electron chi connectivity index (χ3n) is 5.27. The predicted molar refractivity (Wildman–Crippen MR) is 127 cm³/mol. The van der Waals surface area contributed by atoms with Gasteiger partial charge in [0.1, 0.15) is 11.0 Å². The average molecular weight is 469 g/mol. The first-order valence-corrected chi connectivity index (χ1v) is 11.2. The van der Waals surface area contributed by atoms with Crippen LogP contribution in [-0.4, -0.2) is 39.9 Å². The topological polar surface area (TPSA) is 100 Å². The van der Waals surface area contributed by atoms with Crippen LogP contribution in [0.5, 0.6) is 0 Å². The van der Waals surface area contributed by atoms with E-state index in [9.17, 15) is 9.59 Å². The number of carbonyl (C=O) groups excluding carboxylic acids is 2. The molecule has 0 aliphatic carbocycles. The summed E-state index contributed by atoms with van der Waals surface area (Å²) in [4.78, 5) is 29.2. The standard InChI is InChI=1S/C17H22ClN4O.C7H12O.Na/c1-3-6-13(19)11-7-5-10-22(14(11)4-2)17(23)12-8-9-15(18)21-16(12)20;1-4-6(3)7(8)5-2;/h8-9,14,19H,3-6,10H2,1-2H3,(H2,20,21);5-6H,2,4H2,1,3H3;/q-1;;+1. The van der Waals surface area contributed by atoms with E-state index in [1.165, 1.54) is 6.08 Å². The number of aromatic nitrogens is 1. The van der Waals surface area contributed by atoms with Gasteiger partial charge in [-0.25, -0.2) is 4.98 Å². The minimum absolute atomic E-state index is 0. The normalized spacial score (nSPS) is 16.0. The molecule has 1 amide bonds. The Morgan fingerprint density at radius 1 is 1.41 bits per heavy atom. The van der Waals surface area contributed by atoms with Gasteiger partial charge in [-0.1, -0.05) is 65.1 Å². The summed E-state index contributed by atoms with van der Waals surface area (Å²) < 4.78 is 0. The molecule has 2 atom stereocenters.